The van der Waals surface area contributed by atoms with E-state index in [2.05, 4.69) is 15.3 Å². The van der Waals surface area contributed by atoms with Gasteiger partial charge in [-0.3, -0.25) is 14.9 Å². The number of hydrogen-bond acceptors (Lipinski definition) is 7. The van der Waals surface area contributed by atoms with Crippen molar-refractivity contribution in [1.29, 1.82) is 0 Å². The van der Waals surface area contributed by atoms with Crippen LogP contribution in [0.2, 0.25) is 0 Å². The van der Waals surface area contributed by atoms with Crippen molar-refractivity contribution in [3.8, 4) is 5.75 Å². The van der Waals surface area contributed by atoms with E-state index < -0.39 is 16.8 Å². The zero-order valence-electron chi connectivity index (χ0n) is 13.7. The van der Waals surface area contributed by atoms with Gasteiger partial charge in [-0.1, -0.05) is 18.2 Å². The molecular weight excluding hydrogens is 342 g/mol. The lowest BCUT2D eigenvalue weighted by Crippen LogP contribution is -2.17. The molecule has 0 bridgehead atoms. The van der Waals surface area contributed by atoms with Crippen LogP contribution in [0.4, 0.5) is 5.69 Å². The Hall–Kier alpha value is -3.75. The third-order valence-electron chi connectivity index (χ3n) is 3.14. The van der Waals surface area contributed by atoms with Crippen LogP contribution < -0.4 is 10.2 Å². The van der Waals surface area contributed by atoms with Gasteiger partial charge in [0.1, 0.15) is 5.75 Å². The van der Waals surface area contributed by atoms with E-state index in [-0.39, 0.29) is 17.9 Å². The molecule has 1 N–H and O–H groups in total. The number of amides is 1. The summed E-state index contributed by atoms with van der Waals surface area (Å²) in [5.74, 6) is -0.652. The highest BCUT2D eigenvalue weighted by atomic mass is 16.6. The third-order valence-corrected chi connectivity index (χ3v) is 3.14. The molecule has 0 spiro atoms. The molecule has 0 heterocycles. The molecule has 0 aliphatic heterocycles. The number of rotatable bonds is 7. The van der Waals surface area contributed by atoms with Crippen molar-refractivity contribution in [2.24, 2.45) is 5.10 Å². The second-order valence-corrected chi connectivity index (χ2v) is 4.94. The van der Waals surface area contributed by atoms with Crippen molar-refractivity contribution < 1.29 is 24.0 Å². The first kappa shape index (κ1) is 18.6. The van der Waals surface area contributed by atoms with Gasteiger partial charge in [-0.2, -0.15) is 5.10 Å². The number of nitrogens with zero attached hydrogens (tertiary/aromatic N) is 2. The van der Waals surface area contributed by atoms with E-state index in [0.717, 1.165) is 6.07 Å². The molecule has 0 atom stereocenters. The Labute approximate surface area is 148 Å². The third kappa shape index (κ3) is 5.41. The van der Waals surface area contributed by atoms with Crippen molar-refractivity contribution in [1.82, 2.24) is 5.43 Å². The normalized spacial score (nSPS) is 10.3. The van der Waals surface area contributed by atoms with Crippen LogP contribution >= 0.6 is 0 Å². The number of methoxy groups -OCH3 is 1. The Morgan fingerprint density at radius 2 is 2.00 bits per heavy atom. The molecule has 2 rings (SSSR count). The SMILES string of the molecule is COC(=O)COc1cccc(/C=N\NC(=O)c2cccc([N+](=O)[O-])c2)c1. The van der Waals surface area contributed by atoms with E-state index >= 15 is 0 Å². The minimum absolute atomic E-state index is 0.117. The Balaban J connectivity index is 1.97. The van der Waals surface area contributed by atoms with E-state index in [4.69, 9.17) is 4.74 Å². The number of hydrogen-bond donors (Lipinski definition) is 1. The van der Waals surface area contributed by atoms with E-state index in [9.17, 15) is 19.7 Å². The molecule has 26 heavy (non-hydrogen) atoms. The van der Waals surface area contributed by atoms with Crippen LogP contribution in [-0.4, -0.2) is 36.7 Å². The van der Waals surface area contributed by atoms with E-state index in [1.807, 2.05) is 0 Å². The molecule has 0 saturated heterocycles. The molecule has 9 heteroatoms. The molecule has 0 saturated carbocycles. The highest BCUT2D eigenvalue weighted by Gasteiger charge is 2.10. The lowest BCUT2D eigenvalue weighted by Gasteiger charge is -2.05. The van der Waals surface area contributed by atoms with Gasteiger partial charge in [-0.15, -0.1) is 0 Å². The number of benzene rings is 2. The molecule has 0 aromatic heterocycles. The molecule has 0 radical (unpaired) electrons. The summed E-state index contributed by atoms with van der Waals surface area (Å²) in [7, 11) is 1.26. The van der Waals surface area contributed by atoms with Gasteiger partial charge >= 0.3 is 5.97 Å². The quantitative estimate of drug-likeness (QED) is 0.350. The summed E-state index contributed by atoms with van der Waals surface area (Å²) in [5.41, 5.74) is 2.84. The van der Waals surface area contributed by atoms with Crippen LogP contribution in [0, 0.1) is 10.1 Å². The molecule has 1 amide bonds. The maximum atomic E-state index is 12.0. The number of carbonyl (C=O) groups is 2. The number of nitrogens with one attached hydrogen (secondary N) is 1. The average molecular weight is 357 g/mol. The second-order valence-electron chi connectivity index (χ2n) is 4.94. The minimum Gasteiger partial charge on any atom is -0.482 e. The van der Waals surface area contributed by atoms with Crippen LogP contribution in [-0.2, 0) is 9.53 Å². The van der Waals surface area contributed by atoms with Crippen molar-refractivity contribution in [3.63, 3.8) is 0 Å². The lowest BCUT2D eigenvalue weighted by molar-refractivity contribution is -0.384. The van der Waals surface area contributed by atoms with Crippen LogP contribution in [0.3, 0.4) is 0 Å². The number of hydrazone groups is 1. The van der Waals surface area contributed by atoms with Crippen LogP contribution in [0.15, 0.2) is 53.6 Å². The topological polar surface area (TPSA) is 120 Å². The highest BCUT2D eigenvalue weighted by molar-refractivity contribution is 5.95. The summed E-state index contributed by atoms with van der Waals surface area (Å²) in [4.78, 5) is 33.2. The molecule has 0 aliphatic carbocycles. The first-order valence-corrected chi connectivity index (χ1v) is 7.37. The van der Waals surface area contributed by atoms with Gasteiger partial charge in [0.25, 0.3) is 11.6 Å². The summed E-state index contributed by atoms with van der Waals surface area (Å²) in [6.45, 7) is -0.222. The number of nitro groups is 1. The highest BCUT2D eigenvalue weighted by Crippen LogP contribution is 2.13. The number of carbonyl (C=O) groups excluding carboxylic acids is 2. The first-order valence-electron chi connectivity index (χ1n) is 7.37. The molecule has 0 aliphatic rings. The van der Waals surface area contributed by atoms with Crippen LogP contribution in [0.5, 0.6) is 5.75 Å². The zero-order valence-corrected chi connectivity index (χ0v) is 13.7. The Kier molecular flexibility index (Phi) is 6.38. The molecule has 134 valence electrons. The summed E-state index contributed by atoms with van der Waals surface area (Å²) in [5, 5.41) is 14.5. The van der Waals surface area contributed by atoms with Gasteiger partial charge in [0.05, 0.1) is 18.2 Å². The van der Waals surface area contributed by atoms with Gasteiger partial charge < -0.3 is 9.47 Å². The zero-order chi connectivity index (χ0) is 18.9. The number of ether oxygens (including phenoxy) is 2. The van der Waals surface area contributed by atoms with Gasteiger partial charge in [0, 0.05) is 17.7 Å². The molecule has 9 nitrogen and oxygen atoms in total. The fourth-order valence-corrected chi connectivity index (χ4v) is 1.88. The second kappa shape index (κ2) is 8.92. The number of non-ortho nitro benzene ring substituents is 1. The number of esters is 1. The van der Waals surface area contributed by atoms with Crippen molar-refractivity contribution in [2.45, 2.75) is 0 Å². The van der Waals surface area contributed by atoms with Gasteiger partial charge in [0.15, 0.2) is 6.61 Å². The maximum absolute atomic E-state index is 12.0. The molecule has 2 aromatic rings. The molecule has 2 aromatic carbocycles. The Bertz CT molecular complexity index is 850. The predicted molar refractivity (Wildman–Crippen MR) is 92.1 cm³/mol. The monoisotopic (exact) mass is 357 g/mol. The van der Waals surface area contributed by atoms with E-state index in [1.165, 1.54) is 31.5 Å². The maximum Gasteiger partial charge on any atom is 0.343 e. The van der Waals surface area contributed by atoms with E-state index in [1.54, 1.807) is 24.3 Å². The van der Waals surface area contributed by atoms with Crippen LogP contribution in [0.1, 0.15) is 15.9 Å². The van der Waals surface area contributed by atoms with Gasteiger partial charge in [-0.25, -0.2) is 10.2 Å². The standard InChI is InChI=1S/C17H15N3O6/c1-25-16(21)11-26-15-7-2-4-12(8-15)10-18-19-17(22)13-5-3-6-14(9-13)20(23)24/h2-10H,11H2,1H3,(H,19,22)/b18-10-. The fraction of sp³-hybridized carbons (Fsp3) is 0.118. The Morgan fingerprint density at radius 1 is 1.23 bits per heavy atom. The van der Waals surface area contributed by atoms with Gasteiger partial charge in [-0.05, 0) is 23.8 Å². The smallest absolute Gasteiger partial charge is 0.343 e. The van der Waals surface area contributed by atoms with Crippen LogP contribution in [0.25, 0.3) is 0 Å². The predicted octanol–water partition coefficient (Wildman–Crippen LogP) is 1.91. The van der Waals surface area contributed by atoms with Crippen molar-refractivity contribution in [2.75, 3.05) is 13.7 Å². The summed E-state index contributed by atoms with van der Waals surface area (Å²) in [6, 6.07) is 12.0. The van der Waals surface area contributed by atoms with Crippen molar-refractivity contribution >= 4 is 23.8 Å². The lowest BCUT2D eigenvalue weighted by atomic mass is 10.2. The average Bonchev–Trinajstić information content (AvgIpc) is 2.66. The largest absolute Gasteiger partial charge is 0.482 e. The summed E-state index contributed by atoms with van der Waals surface area (Å²) in [6.07, 6.45) is 1.38. The fourth-order valence-electron chi connectivity index (χ4n) is 1.88. The summed E-state index contributed by atoms with van der Waals surface area (Å²) >= 11 is 0. The van der Waals surface area contributed by atoms with Crippen molar-refractivity contribution in [3.05, 3.63) is 69.8 Å². The molecule has 0 unspecified atom stereocenters. The number of nitro benzene ring substituents is 1. The molecule has 0 fully saturated rings. The van der Waals surface area contributed by atoms with E-state index in [0.29, 0.717) is 11.3 Å². The Morgan fingerprint density at radius 3 is 2.73 bits per heavy atom. The minimum atomic E-state index is -0.583. The van der Waals surface area contributed by atoms with Gasteiger partial charge in [0.2, 0.25) is 0 Å². The first-order chi connectivity index (χ1) is 12.5. The summed E-state index contributed by atoms with van der Waals surface area (Å²) < 4.78 is 9.72. The molecular formula is C17H15N3O6.